The van der Waals surface area contributed by atoms with Gasteiger partial charge in [-0.15, -0.1) is 0 Å². The van der Waals surface area contributed by atoms with E-state index in [1.54, 1.807) is 24.8 Å². The smallest absolute Gasteiger partial charge is 0.161 e. The first kappa shape index (κ1) is 20.5. The van der Waals surface area contributed by atoms with Crippen molar-refractivity contribution in [2.75, 3.05) is 37.0 Å². The summed E-state index contributed by atoms with van der Waals surface area (Å²) in [5.74, 6) is -0.00180. The normalized spacial score (nSPS) is 14.3. The summed E-state index contributed by atoms with van der Waals surface area (Å²) in [7, 11) is 3.82. The summed E-state index contributed by atoms with van der Waals surface area (Å²) in [4.78, 5) is 25.4. The van der Waals surface area contributed by atoms with Gasteiger partial charge >= 0.3 is 0 Å². The van der Waals surface area contributed by atoms with Crippen molar-refractivity contribution >= 4 is 33.4 Å². The number of rotatable bonds is 4. The van der Waals surface area contributed by atoms with Crippen molar-refractivity contribution in [1.29, 1.82) is 0 Å². The Kier molecular flexibility index (Phi) is 4.86. The first-order valence-corrected chi connectivity index (χ1v) is 11.4. The van der Waals surface area contributed by atoms with Gasteiger partial charge in [0.25, 0.3) is 0 Å². The molecule has 0 atom stereocenters. The number of nitrogens with one attached hydrogen (secondary N) is 2. The minimum absolute atomic E-state index is 0.217. The summed E-state index contributed by atoms with van der Waals surface area (Å²) in [6.45, 7) is 1.99. The lowest BCUT2D eigenvalue weighted by Crippen LogP contribution is -2.29. The molecule has 10 heteroatoms. The molecule has 0 unspecified atom stereocenters. The van der Waals surface area contributed by atoms with Gasteiger partial charge in [-0.25, -0.2) is 14.4 Å². The predicted molar refractivity (Wildman–Crippen MR) is 130 cm³/mol. The molecule has 5 aromatic rings. The average Bonchev–Trinajstić information content (AvgIpc) is 3.49. The molecule has 34 heavy (non-hydrogen) atoms. The molecule has 0 bridgehead atoms. The van der Waals surface area contributed by atoms with Crippen LogP contribution < -0.4 is 9.80 Å². The Bertz CT molecular complexity index is 1500. The van der Waals surface area contributed by atoms with Crippen LogP contribution in [0, 0.1) is 5.82 Å². The van der Waals surface area contributed by atoms with Crippen molar-refractivity contribution in [3.63, 3.8) is 0 Å². The van der Waals surface area contributed by atoms with Crippen LogP contribution in [-0.2, 0) is 0 Å². The number of imidazole rings is 1. The number of halogens is 1. The number of hydrogen-bond donors (Lipinski definition) is 2. The molecule has 5 aromatic heterocycles. The van der Waals surface area contributed by atoms with Crippen LogP contribution >= 0.6 is 0 Å². The van der Waals surface area contributed by atoms with Crippen LogP contribution in [0.15, 0.2) is 36.9 Å². The van der Waals surface area contributed by atoms with Crippen molar-refractivity contribution in [2.24, 2.45) is 0 Å². The van der Waals surface area contributed by atoms with E-state index in [1.165, 1.54) is 6.42 Å². The quantitative estimate of drug-likeness (QED) is 0.418. The molecule has 1 saturated heterocycles. The van der Waals surface area contributed by atoms with Gasteiger partial charge in [0.2, 0.25) is 0 Å². The van der Waals surface area contributed by atoms with E-state index in [9.17, 15) is 0 Å². The van der Waals surface area contributed by atoms with Crippen molar-refractivity contribution in [3.8, 4) is 22.8 Å². The minimum atomic E-state index is -0.469. The Morgan fingerprint density at radius 3 is 2.71 bits per heavy atom. The molecule has 1 fully saturated rings. The highest BCUT2D eigenvalue weighted by Gasteiger charge is 2.22. The molecular weight excluding hydrogens is 433 g/mol. The Balaban J connectivity index is 1.48. The number of fused-ring (bicyclic) bond motifs is 2. The van der Waals surface area contributed by atoms with E-state index in [2.05, 4.69) is 35.0 Å². The van der Waals surface area contributed by atoms with Gasteiger partial charge in [0, 0.05) is 45.1 Å². The zero-order valence-electron chi connectivity index (χ0n) is 19.0. The molecule has 1 aliphatic heterocycles. The number of aromatic amines is 2. The highest BCUT2D eigenvalue weighted by atomic mass is 19.1. The van der Waals surface area contributed by atoms with E-state index < -0.39 is 5.82 Å². The molecule has 0 aromatic carbocycles. The Hall–Kier alpha value is -4.08. The molecule has 0 aliphatic carbocycles. The lowest BCUT2D eigenvalue weighted by Gasteiger charge is -2.28. The lowest BCUT2D eigenvalue weighted by molar-refractivity contribution is 0.578. The van der Waals surface area contributed by atoms with E-state index in [0.29, 0.717) is 33.6 Å². The van der Waals surface area contributed by atoms with Gasteiger partial charge in [0.05, 0.1) is 34.7 Å². The van der Waals surface area contributed by atoms with Gasteiger partial charge in [0.1, 0.15) is 16.9 Å². The number of pyridine rings is 3. The fourth-order valence-electron chi connectivity index (χ4n) is 4.55. The van der Waals surface area contributed by atoms with Gasteiger partial charge in [0.15, 0.2) is 17.3 Å². The van der Waals surface area contributed by atoms with Crippen LogP contribution in [0.2, 0.25) is 0 Å². The van der Waals surface area contributed by atoms with E-state index in [-0.39, 0.29) is 5.69 Å². The number of anilines is 2. The monoisotopic (exact) mass is 457 g/mol. The topological polar surface area (TPSA) is 103 Å². The number of aromatic nitrogens is 7. The molecule has 0 spiro atoms. The molecule has 0 amide bonds. The second-order valence-corrected chi connectivity index (χ2v) is 8.77. The van der Waals surface area contributed by atoms with E-state index in [0.717, 1.165) is 42.8 Å². The summed E-state index contributed by atoms with van der Waals surface area (Å²) >= 11 is 0. The van der Waals surface area contributed by atoms with Gasteiger partial charge in [-0.05, 0) is 31.4 Å². The van der Waals surface area contributed by atoms with Gasteiger partial charge < -0.3 is 14.8 Å². The van der Waals surface area contributed by atoms with Crippen LogP contribution in [0.1, 0.15) is 19.3 Å². The van der Waals surface area contributed by atoms with Gasteiger partial charge in [-0.3, -0.25) is 15.1 Å². The van der Waals surface area contributed by atoms with Crippen molar-refractivity contribution in [2.45, 2.75) is 19.3 Å². The molecule has 0 radical (unpaired) electrons. The summed E-state index contributed by atoms with van der Waals surface area (Å²) in [6, 6.07) is 3.86. The van der Waals surface area contributed by atoms with Crippen LogP contribution in [-0.4, -0.2) is 62.3 Å². The maximum absolute atomic E-state index is 15.9. The van der Waals surface area contributed by atoms with Crippen LogP contribution in [0.25, 0.3) is 44.8 Å². The van der Waals surface area contributed by atoms with Crippen molar-refractivity contribution < 1.29 is 4.39 Å². The zero-order valence-corrected chi connectivity index (χ0v) is 19.0. The molecule has 172 valence electrons. The number of hydrogen-bond acceptors (Lipinski definition) is 7. The van der Waals surface area contributed by atoms with E-state index in [1.807, 2.05) is 31.1 Å². The van der Waals surface area contributed by atoms with E-state index >= 15 is 4.39 Å². The van der Waals surface area contributed by atoms with Gasteiger partial charge in [-0.1, -0.05) is 0 Å². The molecule has 1 aliphatic rings. The fourth-order valence-corrected chi connectivity index (χ4v) is 4.55. The Morgan fingerprint density at radius 2 is 1.88 bits per heavy atom. The molecule has 2 N–H and O–H groups in total. The SMILES string of the molecule is CN(C)c1cncc(-c2ncc3[nH]nc(-c4nc5c(N6CCCCC6)ccnc5[nH]4)c3c2F)c1. The highest BCUT2D eigenvalue weighted by Crippen LogP contribution is 2.34. The number of piperidine rings is 1. The third-order valence-electron chi connectivity index (χ3n) is 6.34. The molecule has 6 heterocycles. The third-order valence-corrected chi connectivity index (χ3v) is 6.34. The maximum Gasteiger partial charge on any atom is 0.161 e. The molecular formula is C24H24FN9. The second kappa shape index (κ2) is 8.05. The van der Waals surface area contributed by atoms with Crippen molar-refractivity contribution in [3.05, 3.63) is 42.7 Å². The molecule has 0 saturated carbocycles. The first-order valence-electron chi connectivity index (χ1n) is 11.4. The molecule has 9 nitrogen and oxygen atoms in total. The van der Waals surface area contributed by atoms with Crippen LogP contribution in [0.4, 0.5) is 15.8 Å². The summed E-state index contributed by atoms with van der Waals surface area (Å²) in [5, 5.41) is 7.60. The fraction of sp³-hybridized carbons (Fsp3) is 0.292. The standard InChI is InChI=1S/C24H24FN9/c1-33(2)15-10-14(11-26-12-15)20-19(25)18-16(13-28-20)31-32-22(18)24-29-21-17(6-7-27-23(21)30-24)34-8-4-3-5-9-34/h6-7,10-13H,3-5,8-9H2,1-2H3,(H,31,32)(H,27,29,30). The van der Waals surface area contributed by atoms with Crippen LogP contribution in [0.3, 0.4) is 0 Å². The zero-order chi connectivity index (χ0) is 23.2. The summed E-state index contributed by atoms with van der Waals surface area (Å²) in [6.07, 6.45) is 10.3. The Morgan fingerprint density at radius 1 is 1.03 bits per heavy atom. The maximum atomic E-state index is 15.9. The minimum Gasteiger partial charge on any atom is -0.376 e. The Labute approximate surface area is 195 Å². The average molecular weight is 458 g/mol. The molecule has 6 rings (SSSR count). The van der Waals surface area contributed by atoms with Crippen LogP contribution in [0.5, 0.6) is 0 Å². The first-order chi connectivity index (χ1) is 16.6. The van der Waals surface area contributed by atoms with E-state index in [4.69, 9.17) is 4.98 Å². The number of nitrogens with zero attached hydrogens (tertiary/aromatic N) is 7. The third kappa shape index (κ3) is 3.33. The van der Waals surface area contributed by atoms with Gasteiger partial charge in [-0.2, -0.15) is 5.10 Å². The van der Waals surface area contributed by atoms with Crippen molar-refractivity contribution in [1.82, 2.24) is 35.1 Å². The highest BCUT2D eigenvalue weighted by molar-refractivity contribution is 5.96. The number of H-pyrrole nitrogens is 2. The summed E-state index contributed by atoms with van der Waals surface area (Å²) in [5.41, 5.74) is 5.04. The lowest BCUT2D eigenvalue weighted by atomic mass is 10.1. The largest absolute Gasteiger partial charge is 0.376 e. The predicted octanol–water partition coefficient (Wildman–Crippen LogP) is 4.15. The summed E-state index contributed by atoms with van der Waals surface area (Å²) < 4.78 is 15.9. The second-order valence-electron chi connectivity index (χ2n) is 8.77.